The summed E-state index contributed by atoms with van der Waals surface area (Å²) in [6.07, 6.45) is -6.14. The van der Waals surface area contributed by atoms with Crippen molar-refractivity contribution < 1.29 is 32.6 Å². The molecule has 2 aromatic carbocycles. The second-order valence-electron chi connectivity index (χ2n) is 7.32. The van der Waals surface area contributed by atoms with Crippen LogP contribution in [0.15, 0.2) is 36.4 Å². The number of aryl methyl sites for hydroxylation is 1. The van der Waals surface area contributed by atoms with Gasteiger partial charge in [-0.1, -0.05) is 6.07 Å². The maximum atomic E-state index is 13.4. The van der Waals surface area contributed by atoms with Crippen molar-refractivity contribution in [1.82, 2.24) is 4.57 Å². The predicted molar refractivity (Wildman–Crippen MR) is 108 cm³/mol. The van der Waals surface area contributed by atoms with Gasteiger partial charge in [0, 0.05) is 28.7 Å². The summed E-state index contributed by atoms with van der Waals surface area (Å²) >= 11 is 0. The number of fused-ring (bicyclic) bond motifs is 1. The van der Waals surface area contributed by atoms with Gasteiger partial charge in [-0.2, -0.15) is 13.2 Å². The summed E-state index contributed by atoms with van der Waals surface area (Å²) in [5, 5.41) is 9.83. The average Bonchev–Trinajstić information content (AvgIpc) is 2.91. The zero-order valence-corrected chi connectivity index (χ0v) is 17.1. The molecule has 164 valence electrons. The number of carbonyl (C=O) groups excluding carboxylic acids is 1. The Balaban J connectivity index is 2.06. The molecule has 0 radical (unpaired) electrons. The summed E-state index contributed by atoms with van der Waals surface area (Å²) in [5.74, 6) is -2.46. The average molecular weight is 434 g/mol. The van der Waals surface area contributed by atoms with Crippen molar-refractivity contribution >= 4 is 22.8 Å². The Morgan fingerprint density at radius 1 is 1.16 bits per heavy atom. The lowest BCUT2D eigenvalue weighted by Crippen LogP contribution is -2.24. The number of rotatable bonds is 6. The van der Waals surface area contributed by atoms with Gasteiger partial charge >= 0.3 is 12.1 Å². The first-order valence-corrected chi connectivity index (χ1v) is 9.39. The van der Waals surface area contributed by atoms with E-state index in [1.807, 2.05) is 18.4 Å². The summed E-state index contributed by atoms with van der Waals surface area (Å²) in [7, 11) is 0. The summed E-state index contributed by atoms with van der Waals surface area (Å²) in [6.45, 7) is 5.14. The lowest BCUT2D eigenvalue weighted by molar-refractivity contribution is -0.147. The lowest BCUT2D eigenvalue weighted by Gasteiger charge is -2.18. The second kappa shape index (κ2) is 7.98. The van der Waals surface area contributed by atoms with Crippen molar-refractivity contribution in [2.24, 2.45) is 5.73 Å². The van der Waals surface area contributed by atoms with Crippen LogP contribution in [0.4, 0.5) is 13.2 Å². The number of nitrogens with zero attached hydrogens (tertiary/aromatic N) is 1. The first-order valence-electron chi connectivity index (χ1n) is 9.39. The minimum absolute atomic E-state index is 0.224. The number of amides is 1. The lowest BCUT2D eigenvalue weighted by atomic mass is 10.1. The van der Waals surface area contributed by atoms with E-state index < -0.39 is 35.5 Å². The minimum Gasteiger partial charge on any atom is -0.479 e. The van der Waals surface area contributed by atoms with Crippen LogP contribution in [0.1, 0.15) is 39.7 Å². The molecule has 6 nitrogen and oxygen atoms in total. The van der Waals surface area contributed by atoms with Gasteiger partial charge < -0.3 is 20.1 Å². The van der Waals surface area contributed by atoms with Crippen molar-refractivity contribution in [2.45, 2.75) is 39.6 Å². The molecule has 0 bridgehead atoms. The zero-order valence-electron chi connectivity index (χ0n) is 17.1. The molecule has 3 rings (SSSR count). The predicted octanol–water partition coefficient (Wildman–Crippen LogP) is 4.28. The van der Waals surface area contributed by atoms with Crippen LogP contribution >= 0.6 is 0 Å². The quantitative estimate of drug-likeness (QED) is 0.606. The van der Waals surface area contributed by atoms with Gasteiger partial charge in [0.05, 0.1) is 5.56 Å². The van der Waals surface area contributed by atoms with Crippen molar-refractivity contribution in [2.75, 3.05) is 0 Å². The highest BCUT2D eigenvalue weighted by Gasteiger charge is 2.35. The fourth-order valence-corrected chi connectivity index (χ4v) is 3.43. The Labute approximate surface area is 176 Å². The number of primary amides is 1. The molecule has 0 spiro atoms. The largest absolute Gasteiger partial charge is 0.479 e. The fraction of sp³-hybridized carbons (Fsp3) is 0.273. The standard InChI is InChI=1S/C22H21F3N2O4/c1-11-12(2)27(18-7-5-15(20(26)28)9-16(11)18)10-14-4-6-17(22(23,24)25)19(8-14)31-13(3)21(29)30/h4-9,13H,10H2,1-3H3,(H2,26,28)(H,29,30). The number of carboxylic acid groups (broad SMARTS) is 1. The van der Waals surface area contributed by atoms with Gasteiger partial charge in [-0.25, -0.2) is 4.79 Å². The van der Waals surface area contributed by atoms with E-state index in [1.54, 1.807) is 18.2 Å². The Morgan fingerprint density at radius 2 is 1.84 bits per heavy atom. The third-order valence-corrected chi connectivity index (χ3v) is 5.27. The third-order valence-electron chi connectivity index (χ3n) is 5.27. The van der Waals surface area contributed by atoms with Crippen LogP contribution in [0.2, 0.25) is 0 Å². The SMILES string of the molecule is Cc1c(C)n(Cc2ccc(C(F)(F)F)c(OC(C)C(=O)O)c2)c2ccc(C(N)=O)cc12. The van der Waals surface area contributed by atoms with E-state index in [0.717, 1.165) is 28.2 Å². The van der Waals surface area contributed by atoms with Gasteiger partial charge in [0.25, 0.3) is 0 Å². The molecule has 0 fully saturated rings. The smallest absolute Gasteiger partial charge is 0.419 e. The van der Waals surface area contributed by atoms with Gasteiger partial charge in [0.1, 0.15) is 5.75 Å². The summed E-state index contributed by atoms with van der Waals surface area (Å²) < 4.78 is 47.1. The number of carboxylic acids is 1. The van der Waals surface area contributed by atoms with E-state index in [2.05, 4.69) is 0 Å². The molecule has 0 saturated heterocycles. The van der Waals surface area contributed by atoms with Gasteiger partial charge in [0.2, 0.25) is 5.91 Å². The first kappa shape index (κ1) is 22.2. The van der Waals surface area contributed by atoms with Gasteiger partial charge in [-0.3, -0.25) is 4.79 Å². The van der Waals surface area contributed by atoms with Crippen molar-refractivity contribution in [3.63, 3.8) is 0 Å². The van der Waals surface area contributed by atoms with E-state index in [9.17, 15) is 22.8 Å². The van der Waals surface area contributed by atoms with Gasteiger partial charge in [0.15, 0.2) is 6.10 Å². The number of ether oxygens (including phenoxy) is 1. The number of carbonyl (C=O) groups is 2. The van der Waals surface area contributed by atoms with Crippen LogP contribution in [-0.2, 0) is 17.5 Å². The second-order valence-corrected chi connectivity index (χ2v) is 7.32. The van der Waals surface area contributed by atoms with Crippen LogP contribution in [0.5, 0.6) is 5.75 Å². The zero-order chi connectivity index (χ0) is 23.1. The van der Waals surface area contributed by atoms with Crippen LogP contribution in [0.3, 0.4) is 0 Å². The molecular weight excluding hydrogens is 413 g/mol. The number of halogens is 3. The number of aromatic nitrogens is 1. The first-order chi connectivity index (χ1) is 14.4. The Hall–Kier alpha value is -3.49. The molecular formula is C22H21F3N2O4. The Bertz CT molecular complexity index is 1180. The molecule has 1 unspecified atom stereocenters. The summed E-state index contributed by atoms with van der Waals surface area (Å²) in [4.78, 5) is 22.6. The molecule has 0 aliphatic carbocycles. The maximum absolute atomic E-state index is 13.4. The van der Waals surface area contributed by atoms with Crippen LogP contribution in [0.25, 0.3) is 10.9 Å². The van der Waals surface area contributed by atoms with E-state index >= 15 is 0 Å². The highest BCUT2D eigenvalue weighted by Crippen LogP contribution is 2.38. The highest BCUT2D eigenvalue weighted by molar-refractivity contribution is 5.98. The topological polar surface area (TPSA) is 94.6 Å². The monoisotopic (exact) mass is 434 g/mol. The number of alkyl halides is 3. The van der Waals surface area contributed by atoms with Crippen molar-refractivity contribution in [1.29, 1.82) is 0 Å². The van der Waals surface area contributed by atoms with Crippen LogP contribution in [-0.4, -0.2) is 27.7 Å². The molecule has 31 heavy (non-hydrogen) atoms. The number of benzene rings is 2. The normalized spacial score (nSPS) is 12.7. The van der Waals surface area contributed by atoms with E-state index in [4.69, 9.17) is 15.6 Å². The number of nitrogens with two attached hydrogens (primary N) is 1. The summed E-state index contributed by atoms with van der Waals surface area (Å²) in [6, 6.07) is 8.45. The molecule has 1 aromatic heterocycles. The number of hydrogen-bond donors (Lipinski definition) is 2. The summed E-state index contributed by atoms with van der Waals surface area (Å²) in [5.41, 5.74) is 7.76. The Kier molecular flexibility index (Phi) is 5.71. The molecule has 9 heteroatoms. The molecule has 1 atom stereocenters. The van der Waals surface area contributed by atoms with E-state index in [-0.39, 0.29) is 6.54 Å². The molecule has 1 heterocycles. The van der Waals surface area contributed by atoms with Crippen LogP contribution < -0.4 is 10.5 Å². The minimum atomic E-state index is -4.69. The third kappa shape index (κ3) is 4.35. The molecule has 0 aliphatic rings. The highest BCUT2D eigenvalue weighted by atomic mass is 19.4. The van der Waals surface area contributed by atoms with Gasteiger partial charge in [-0.15, -0.1) is 0 Å². The van der Waals surface area contributed by atoms with Crippen LogP contribution in [0, 0.1) is 13.8 Å². The number of aliphatic carboxylic acids is 1. The van der Waals surface area contributed by atoms with Crippen molar-refractivity contribution in [3.05, 3.63) is 64.3 Å². The fourth-order valence-electron chi connectivity index (χ4n) is 3.43. The number of hydrogen-bond acceptors (Lipinski definition) is 3. The molecule has 3 N–H and O–H groups in total. The maximum Gasteiger partial charge on any atom is 0.419 e. The molecule has 3 aromatic rings. The molecule has 0 saturated carbocycles. The molecule has 0 aliphatic heterocycles. The van der Waals surface area contributed by atoms with Gasteiger partial charge in [-0.05, 0) is 62.2 Å². The molecule has 1 amide bonds. The Morgan fingerprint density at radius 3 is 2.42 bits per heavy atom. The van der Waals surface area contributed by atoms with Crippen molar-refractivity contribution in [3.8, 4) is 5.75 Å². The van der Waals surface area contributed by atoms with E-state index in [1.165, 1.54) is 19.1 Å². The van der Waals surface area contributed by atoms with E-state index in [0.29, 0.717) is 11.1 Å².